The molecule has 2 aromatic heterocycles. The van der Waals surface area contributed by atoms with E-state index in [-0.39, 0.29) is 18.1 Å². The Kier molecular flexibility index (Phi) is 5.03. The van der Waals surface area contributed by atoms with Gasteiger partial charge in [-0.25, -0.2) is 19.0 Å². The number of rotatable bonds is 4. The first kappa shape index (κ1) is 18.7. The van der Waals surface area contributed by atoms with Crippen LogP contribution in [0, 0.1) is 40.4 Å². The number of nitrogens with one attached hydrogen (secondary N) is 1. The molecule has 27 heavy (non-hydrogen) atoms. The fourth-order valence-electron chi connectivity index (χ4n) is 3.01. The second kappa shape index (κ2) is 7.26. The van der Waals surface area contributed by atoms with Crippen LogP contribution in [-0.2, 0) is 11.2 Å². The van der Waals surface area contributed by atoms with Gasteiger partial charge in [-0.05, 0) is 58.4 Å². The molecule has 0 aliphatic carbocycles. The third-order valence-corrected chi connectivity index (χ3v) is 4.41. The van der Waals surface area contributed by atoms with Crippen LogP contribution in [0.15, 0.2) is 24.3 Å². The first-order valence-corrected chi connectivity index (χ1v) is 8.68. The van der Waals surface area contributed by atoms with Crippen molar-refractivity contribution in [2.24, 2.45) is 0 Å². The molecule has 3 rings (SSSR count). The largest absolute Gasteiger partial charge is 0.325 e. The molecular formula is C20H22FN5O. The van der Waals surface area contributed by atoms with Crippen LogP contribution in [0.3, 0.4) is 0 Å². The number of amides is 1. The molecule has 0 fully saturated rings. The predicted molar refractivity (Wildman–Crippen MR) is 102 cm³/mol. The number of carbonyl (C=O) groups is 1. The summed E-state index contributed by atoms with van der Waals surface area (Å²) in [6.07, 6.45) is 0.137. The van der Waals surface area contributed by atoms with E-state index < -0.39 is 0 Å². The zero-order chi connectivity index (χ0) is 19.7. The van der Waals surface area contributed by atoms with Gasteiger partial charge in [0.1, 0.15) is 5.82 Å². The number of aromatic nitrogens is 4. The highest BCUT2D eigenvalue weighted by Gasteiger charge is 2.18. The summed E-state index contributed by atoms with van der Waals surface area (Å²) in [6.45, 7) is 9.36. The molecule has 0 unspecified atom stereocenters. The van der Waals surface area contributed by atoms with Crippen LogP contribution >= 0.6 is 0 Å². The Morgan fingerprint density at radius 3 is 2.41 bits per heavy atom. The molecule has 140 valence electrons. The standard InChI is InChI=1S/C20H22FN5O/c1-11-6-7-16(21)9-18(11)24-19(27)10-17-14(4)25-26(15(17)5)20-22-12(2)8-13(3)23-20/h6-9H,10H2,1-5H3,(H,24,27). The Morgan fingerprint density at radius 1 is 1.07 bits per heavy atom. The van der Waals surface area contributed by atoms with E-state index in [2.05, 4.69) is 20.4 Å². The summed E-state index contributed by atoms with van der Waals surface area (Å²) in [5.41, 5.74) is 5.34. The minimum absolute atomic E-state index is 0.137. The number of aryl methyl sites for hydroxylation is 4. The maximum absolute atomic E-state index is 13.4. The highest BCUT2D eigenvalue weighted by atomic mass is 19.1. The molecule has 6 nitrogen and oxygen atoms in total. The van der Waals surface area contributed by atoms with E-state index in [0.717, 1.165) is 33.9 Å². The number of hydrogen-bond acceptors (Lipinski definition) is 4. The Bertz CT molecular complexity index is 1010. The number of nitrogens with zero attached hydrogens (tertiary/aromatic N) is 4. The van der Waals surface area contributed by atoms with Crippen molar-refractivity contribution < 1.29 is 9.18 Å². The Labute approximate surface area is 157 Å². The molecule has 0 atom stereocenters. The highest BCUT2D eigenvalue weighted by Crippen LogP contribution is 2.20. The lowest BCUT2D eigenvalue weighted by Crippen LogP contribution is -2.16. The maximum Gasteiger partial charge on any atom is 0.251 e. The summed E-state index contributed by atoms with van der Waals surface area (Å²) in [5.74, 6) is -0.125. The van der Waals surface area contributed by atoms with Gasteiger partial charge in [-0.3, -0.25) is 4.79 Å². The smallest absolute Gasteiger partial charge is 0.251 e. The molecule has 1 aromatic carbocycles. The van der Waals surface area contributed by atoms with Crippen LogP contribution in [0.2, 0.25) is 0 Å². The summed E-state index contributed by atoms with van der Waals surface area (Å²) in [7, 11) is 0. The van der Waals surface area contributed by atoms with Crippen molar-refractivity contribution in [3.05, 3.63) is 64.0 Å². The molecule has 0 aliphatic rings. The van der Waals surface area contributed by atoms with E-state index in [9.17, 15) is 9.18 Å². The van der Waals surface area contributed by atoms with Crippen LogP contribution in [0.4, 0.5) is 10.1 Å². The van der Waals surface area contributed by atoms with Gasteiger partial charge >= 0.3 is 0 Å². The van der Waals surface area contributed by atoms with Crippen molar-refractivity contribution in [1.29, 1.82) is 0 Å². The summed E-state index contributed by atoms with van der Waals surface area (Å²) >= 11 is 0. The summed E-state index contributed by atoms with van der Waals surface area (Å²) < 4.78 is 15.1. The lowest BCUT2D eigenvalue weighted by Gasteiger charge is -2.09. The lowest BCUT2D eigenvalue weighted by atomic mass is 10.1. The van der Waals surface area contributed by atoms with Crippen LogP contribution in [-0.4, -0.2) is 25.7 Å². The highest BCUT2D eigenvalue weighted by molar-refractivity contribution is 5.93. The van der Waals surface area contributed by atoms with Gasteiger partial charge in [0.15, 0.2) is 0 Å². The molecule has 7 heteroatoms. The van der Waals surface area contributed by atoms with Gasteiger partial charge in [0.25, 0.3) is 5.95 Å². The van der Waals surface area contributed by atoms with E-state index in [1.807, 2.05) is 40.7 Å². The van der Waals surface area contributed by atoms with Gasteiger partial charge in [0, 0.05) is 28.3 Å². The molecule has 0 aliphatic heterocycles. The van der Waals surface area contributed by atoms with Crippen molar-refractivity contribution in [2.75, 3.05) is 5.32 Å². The second-order valence-corrected chi connectivity index (χ2v) is 6.70. The third kappa shape index (κ3) is 4.02. The minimum Gasteiger partial charge on any atom is -0.325 e. The molecule has 3 aromatic rings. The molecule has 0 radical (unpaired) electrons. The number of hydrogen-bond donors (Lipinski definition) is 1. The maximum atomic E-state index is 13.4. The van der Waals surface area contributed by atoms with Gasteiger partial charge in [-0.1, -0.05) is 6.07 Å². The van der Waals surface area contributed by atoms with Crippen molar-refractivity contribution >= 4 is 11.6 Å². The van der Waals surface area contributed by atoms with E-state index in [1.165, 1.54) is 12.1 Å². The van der Waals surface area contributed by atoms with Gasteiger partial charge in [-0.15, -0.1) is 0 Å². The van der Waals surface area contributed by atoms with Crippen molar-refractivity contribution in [3.63, 3.8) is 0 Å². The average molecular weight is 367 g/mol. The molecule has 0 saturated carbocycles. The number of carbonyl (C=O) groups excluding carboxylic acids is 1. The summed E-state index contributed by atoms with van der Waals surface area (Å²) in [4.78, 5) is 21.4. The molecule has 0 saturated heterocycles. The van der Waals surface area contributed by atoms with Crippen molar-refractivity contribution in [2.45, 2.75) is 41.0 Å². The SMILES string of the molecule is Cc1cc(C)nc(-n2nc(C)c(CC(=O)Nc3cc(F)ccc3C)c2C)n1. The number of halogens is 1. The molecule has 0 spiro atoms. The Hall–Kier alpha value is -3.09. The van der Waals surface area contributed by atoms with E-state index in [1.54, 1.807) is 10.7 Å². The van der Waals surface area contributed by atoms with Crippen molar-refractivity contribution in [1.82, 2.24) is 19.7 Å². The predicted octanol–water partition coefficient (Wildman–Crippen LogP) is 3.52. The monoisotopic (exact) mass is 367 g/mol. The van der Waals surface area contributed by atoms with Crippen LogP contribution in [0.25, 0.3) is 5.95 Å². The topological polar surface area (TPSA) is 72.7 Å². The quantitative estimate of drug-likeness (QED) is 0.766. The summed E-state index contributed by atoms with van der Waals surface area (Å²) in [6, 6.07) is 6.22. The average Bonchev–Trinajstić information content (AvgIpc) is 2.85. The first-order valence-electron chi connectivity index (χ1n) is 8.68. The van der Waals surface area contributed by atoms with E-state index in [0.29, 0.717) is 11.6 Å². The van der Waals surface area contributed by atoms with Crippen LogP contribution in [0.5, 0.6) is 0 Å². The van der Waals surface area contributed by atoms with Gasteiger partial charge < -0.3 is 5.32 Å². The first-order chi connectivity index (χ1) is 12.7. The second-order valence-electron chi connectivity index (χ2n) is 6.70. The zero-order valence-electron chi connectivity index (χ0n) is 16.1. The van der Waals surface area contributed by atoms with Gasteiger partial charge in [0.2, 0.25) is 5.91 Å². The van der Waals surface area contributed by atoms with Crippen LogP contribution < -0.4 is 5.32 Å². The molecule has 1 amide bonds. The molecule has 0 bridgehead atoms. The number of benzene rings is 1. The zero-order valence-corrected chi connectivity index (χ0v) is 16.1. The van der Waals surface area contributed by atoms with Gasteiger partial charge in [-0.2, -0.15) is 5.10 Å². The molecular weight excluding hydrogens is 345 g/mol. The van der Waals surface area contributed by atoms with E-state index >= 15 is 0 Å². The van der Waals surface area contributed by atoms with Crippen LogP contribution in [0.1, 0.15) is 33.9 Å². The van der Waals surface area contributed by atoms with Crippen molar-refractivity contribution in [3.8, 4) is 5.95 Å². The molecule has 1 N–H and O–H groups in total. The molecule has 2 heterocycles. The fourth-order valence-corrected chi connectivity index (χ4v) is 3.01. The third-order valence-electron chi connectivity index (χ3n) is 4.41. The van der Waals surface area contributed by atoms with Gasteiger partial charge in [0.05, 0.1) is 12.1 Å². The Morgan fingerprint density at radius 2 is 1.74 bits per heavy atom. The lowest BCUT2D eigenvalue weighted by molar-refractivity contribution is -0.115. The fraction of sp³-hybridized carbons (Fsp3) is 0.300. The normalized spacial score (nSPS) is 10.9. The minimum atomic E-state index is -0.386. The Balaban J connectivity index is 1.86. The number of anilines is 1. The van der Waals surface area contributed by atoms with E-state index in [4.69, 9.17) is 0 Å². The summed E-state index contributed by atoms with van der Waals surface area (Å²) in [5, 5.41) is 7.28.